The Morgan fingerprint density at radius 2 is 2.07 bits per heavy atom. The quantitative estimate of drug-likeness (QED) is 0.445. The van der Waals surface area contributed by atoms with E-state index in [1.807, 2.05) is 6.08 Å². The van der Waals surface area contributed by atoms with Crippen molar-refractivity contribution < 1.29 is 9.47 Å². The zero-order valence-corrected chi connectivity index (χ0v) is 10.3. The van der Waals surface area contributed by atoms with Crippen LogP contribution in [0, 0.1) is 5.92 Å². The Labute approximate surface area is 93.8 Å². The highest BCUT2D eigenvalue weighted by molar-refractivity contribution is 4.69. The lowest BCUT2D eigenvalue weighted by molar-refractivity contribution is 0.118. The van der Waals surface area contributed by atoms with Gasteiger partial charge in [0.25, 0.3) is 0 Å². The summed E-state index contributed by atoms with van der Waals surface area (Å²) in [5.74, 6) is 0.582. The molecule has 15 heavy (non-hydrogen) atoms. The summed E-state index contributed by atoms with van der Waals surface area (Å²) in [5, 5.41) is 3.42. The van der Waals surface area contributed by atoms with E-state index < -0.39 is 0 Å². The minimum absolute atomic E-state index is 0.415. The second kappa shape index (κ2) is 10.1. The molecule has 90 valence electrons. The average Bonchev–Trinajstić information content (AvgIpc) is 2.21. The van der Waals surface area contributed by atoms with Crippen LogP contribution in [0.4, 0.5) is 0 Å². The lowest BCUT2D eigenvalue weighted by Gasteiger charge is -2.21. The van der Waals surface area contributed by atoms with Gasteiger partial charge in [-0.1, -0.05) is 19.9 Å². The SMILES string of the molecule is C=CCCOCCNC(COC)C(C)C. The highest BCUT2D eigenvalue weighted by Gasteiger charge is 2.11. The third-order valence-electron chi connectivity index (χ3n) is 2.27. The summed E-state index contributed by atoms with van der Waals surface area (Å²) in [4.78, 5) is 0. The Morgan fingerprint density at radius 1 is 1.33 bits per heavy atom. The fourth-order valence-electron chi connectivity index (χ4n) is 1.25. The average molecular weight is 215 g/mol. The molecular weight excluding hydrogens is 190 g/mol. The predicted octanol–water partition coefficient (Wildman–Crippen LogP) is 1.84. The Hall–Kier alpha value is -0.380. The van der Waals surface area contributed by atoms with E-state index in [9.17, 15) is 0 Å². The lowest BCUT2D eigenvalue weighted by atomic mass is 10.1. The van der Waals surface area contributed by atoms with Gasteiger partial charge < -0.3 is 14.8 Å². The summed E-state index contributed by atoms with van der Waals surface area (Å²) < 4.78 is 10.6. The summed E-state index contributed by atoms with van der Waals surface area (Å²) in [6.45, 7) is 11.2. The summed E-state index contributed by atoms with van der Waals surface area (Å²) in [5.41, 5.74) is 0. The molecule has 0 aromatic carbocycles. The van der Waals surface area contributed by atoms with Gasteiger partial charge in [0.15, 0.2) is 0 Å². The van der Waals surface area contributed by atoms with Gasteiger partial charge >= 0.3 is 0 Å². The van der Waals surface area contributed by atoms with Gasteiger partial charge in [-0.3, -0.25) is 0 Å². The number of ether oxygens (including phenoxy) is 2. The zero-order chi connectivity index (χ0) is 11.5. The molecule has 0 bridgehead atoms. The number of nitrogens with one attached hydrogen (secondary N) is 1. The molecule has 0 aromatic rings. The van der Waals surface area contributed by atoms with Crippen LogP contribution in [0.3, 0.4) is 0 Å². The van der Waals surface area contributed by atoms with Crippen LogP contribution in [0.5, 0.6) is 0 Å². The van der Waals surface area contributed by atoms with Crippen molar-refractivity contribution in [3.8, 4) is 0 Å². The topological polar surface area (TPSA) is 30.5 Å². The van der Waals surface area contributed by atoms with E-state index in [0.717, 1.165) is 32.8 Å². The molecule has 0 saturated heterocycles. The van der Waals surface area contributed by atoms with Gasteiger partial charge in [0, 0.05) is 19.7 Å². The second-order valence-corrected chi connectivity index (χ2v) is 3.95. The standard InChI is InChI=1S/C12H25NO2/c1-5-6-8-15-9-7-13-12(10-14-4)11(2)3/h5,11-13H,1,6-10H2,2-4H3. The van der Waals surface area contributed by atoms with Crippen LogP contribution in [0.25, 0.3) is 0 Å². The minimum atomic E-state index is 0.415. The van der Waals surface area contributed by atoms with E-state index in [1.54, 1.807) is 7.11 Å². The molecular formula is C12H25NO2. The Kier molecular flexibility index (Phi) is 9.89. The number of hydrogen-bond acceptors (Lipinski definition) is 3. The highest BCUT2D eigenvalue weighted by Crippen LogP contribution is 2.01. The smallest absolute Gasteiger partial charge is 0.0618 e. The summed E-state index contributed by atoms with van der Waals surface area (Å²) >= 11 is 0. The molecule has 0 spiro atoms. The zero-order valence-electron chi connectivity index (χ0n) is 10.3. The van der Waals surface area contributed by atoms with Crippen molar-refractivity contribution in [1.29, 1.82) is 0 Å². The van der Waals surface area contributed by atoms with Gasteiger partial charge in [-0.2, -0.15) is 0 Å². The first-order valence-electron chi connectivity index (χ1n) is 5.63. The highest BCUT2D eigenvalue weighted by atomic mass is 16.5. The van der Waals surface area contributed by atoms with Crippen LogP contribution < -0.4 is 5.32 Å². The first kappa shape index (κ1) is 14.6. The van der Waals surface area contributed by atoms with Crippen LogP contribution in [-0.4, -0.2) is 39.5 Å². The van der Waals surface area contributed by atoms with Crippen LogP contribution in [0.15, 0.2) is 12.7 Å². The maximum atomic E-state index is 5.41. The number of rotatable bonds is 10. The van der Waals surface area contributed by atoms with Crippen molar-refractivity contribution in [1.82, 2.24) is 5.32 Å². The Morgan fingerprint density at radius 3 is 2.60 bits per heavy atom. The van der Waals surface area contributed by atoms with Crippen LogP contribution in [0.2, 0.25) is 0 Å². The van der Waals surface area contributed by atoms with Crippen molar-refractivity contribution in [2.75, 3.05) is 33.5 Å². The Bertz CT molecular complexity index is 149. The largest absolute Gasteiger partial charge is 0.383 e. The van der Waals surface area contributed by atoms with Gasteiger partial charge in [0.1, 0.15) is 0 Å². The van der Waals surface area contributed by atoms with E-state index in [1.165, 1.54) is 0 Å². The number of methoxy groups -OCH3 is 1. The molecule has 0 aliphatic rings. The molecule has 3 nitrogen and oxygen atoms in total. The fraction of sp³-hybridized carbons (Fsp3) is 0.833. The monoisotopic (exact) mass is 215 g/mol. The molecule has 0 amide bonds. The molecule has 0 heterocycles. The van der Waals surface area contributed by atoms with Gasteiger partial charge in [-0.05, 0) is 12.3 Å². The van der Waals surface area contributed by atoms with Crippen LogP contribution in [0.1, 0.15) is 20.3 Å². The normalized spacial score (nSPS) is 13.1. The molecule has 1 N–H and O–H groups in total. The van der Waals surface area contributed by atoms with Crippen molar-refractivity contribution in [2.45, 2.75) is 26.3 Å². The van der Waals surface area contributed by atoms with Crippen molar-refractivity contribution in [3.63, 3.8) is 0 Å². The molecule has 1 unspecified atom stereocenters. The van der Waals surface area contributed by atoms with E-state index in [-0.39, 0.29) is 0 Å². The molecule has 0 aliphatic heterocycles. The van der Waals surface area contributed by atoms with Crippen molar-refractivity contribution in [3.05, 3.63) is 12.7 Å². The van der Waals surface area contributed by atoms with E-state index in [2.05, 4.69) is 25.7 Å². The van der Waals surface area contributed by atoms with E-state index in [4.69, 9.17) is 9.47 Å². The fourth-order valence-corrected chi connectivity index (χ4v) is 1.25. The molecule has 0 aliphatic carbocycles. The van der Waals surface area contributed by atoms with Gasteiger partial charge in [-0.15, -0.1) is 6.58 Å². The first-order valence-corrected chi connectivity index (χ1v) is 5.63. The predicted molar refractivity (Wildman–Crippen MR) is 64.1 cm³/mol. The van der Waals surface area contributed by atoms with Gasteiger partial charge in [-0.25, -0.2) is 0 Å². The van der Waals surface area contributed by atoms with Gasteiger partial charge in [0.2, 0.25) is 0 Å². The molecule has 0 fully saturated rings. The van der Waals surface area contributed by atoms with Crippen molar-refractivity contribution in [2.24, 2.45) is 5.92 Å². The van der Waals surface area contributed by atoms with Crippen molar-refractivity contribution >= 4 is 0 Å². The van der Waals surface area contributed by atoms with E-state index >= 15 is 0 Å². The van der Waals surface area contributed by atoms with Gasteiger partial charge in [0.05, 0.1) is 19.8 Å². The lowest BCUT2D eigenvalue weighted by Crippen LogP contribution is -2.39. The molecule has 0 saturated carbocycles. The maximum Gasteiger partial charge on any atom is 0.0618 e. The maximum absolute atomic E-state index is 5.41. The molecule has 0 radical (unpaired) electrons. The summed E-state index contributed by atoms with van der Waals surface area (Å²) in [6, 6.07) is 0.415. The summed E-state index contributed by atoms with van der Waals surface area (Å²) in [7, 11) is 1.73. The molecule has 3 heteroatoms. The summed E-state index contributed by atoms with van der Waals surface area (Å²) in [6.07, 6.45) is 2.79. The number of hydrogen-bond donors (Lipinski definition) is 1. The second-order valence-electron chi connectivity index (χ2n) is 3.95. The third-order valence-corrected chi connectivity index (χ3v) is 2.27. The third kappa shape index (κ3) is 8.60. The Balaban J connectivity index is 3.40. The first-order chi connectivity index (χ1) is 7.22. The van der Waals surface area contributed by atoms with E-state index in [0.29, 0.717) is 12.0 Å². The molecule has 0 aromatic heterocycles. The molecule has 0 rings (SSSR count). The molecule has 1 atom stereocenters. The minimum Gasteiger partial charge on any atom is -0.383 e. The van der Waals surface area contributed by atoms with Crippen LogP contribution >= 0.6 is 0 Å². The van der Waals surface area contributed by atoms with Crippen LogP contribution in [-0.2, 0) is 9.47 Å².